The SMILES string of the molecule is CN(C(=O)c1cnsn1)C1COCC1C(=O)O. The van der Waals surface area contributed by atoms with Crippen LogP contribution in [0.5, 0.6) is 0 Å². The third kappa shape index (κ3) is 2.27. The maximum absolute atomic E-state index is 11.9. The molecule has 0 aromatic carbocycles. The van der Waals surface area contributed by atoms with E-state index in [0.29, 0.717) is 0 Å². The Morgan fingerprint density at radius 3 is 2.94 bits per heavy atom. The first-order valence-electron chi connectivity index (χ1n) is 4.96. The molecule has 92 valence electrons. The average Bonchev–Trinajstić information content (AvgIpc) is 2.97. The van der Waals surface area contributed by atoms with Gasteiger partial charge in [0.2, 0.25) is 0 Å². The fourth-order valence-electron chi connectivity index (χ4n) is 1.75. The van der Waals surface area contributed by atoms with Crippen LogP contribution in [0.25, 0.3) is 0 Å². The summed E-state index contributed by atoms with van der Waals surface area (Å²) in [6.07, 6.45) is 1.37. The van der Waals surface area contributed by atoms with E-state index in [1.165, 1.54) is 11.1 Å². The summed E-state index contributed by atoms with van der Waals surface area (Å²) in [5, 5.41) is 9.00. The summed E-state index contributed by atoms with van der Waals surface area (Å²) in [7, 11) is 1.55. The van der Waals surface area contributed by atoms with Gasteiger partial charge in [-0.05, 0) is 0 Å². The minimum atomic E-state index is -0.955. The summed E-state index contributed by atoms with van der Waals surface area (Å²) >= 11 is 0.940. The van der Waals surface area contributed by atoms with E-state index in [4.69, 9.17) is 9.84 Å². The van der Waals surface area contributed by atoms with Gasteiger partial charge in [0.1, 0.15) is 5.92 Å². The quantitative estimate of drug-likeness (QED) is 0.799. The molecular weight excluding hydrogens is 246 g/mol. The molecule has 1 aromatic rings. The number of carbonyl (C=O) groups is 2. The Morgan fingerprint density at radius 2 is 2.35 bits per heavy atom. The number of ether oxygens (including phenoxy) is 1. The number of hydrogen-bond acceptors (Lipinski definition) is 6. The number of hydrogen-bond donors (Lipinski definition) is 1. The first kappa shape index (κ1) is 11.9. The lowest BCUT2D eigenvalue weighted by Crippen LogP contribution is -2.44. The number of amides is 1. The molecule has 7 nitrogen and oxygen atoms in total. The summed E-state index contributed by atoms with van der Waals surface area (Å²) in [6, 6.07) is -0.457. The van der Waals surface area contributed by atoms with Crippen molar-refractivity contribution in [3.05, 3.63) is 11.9 Å². The standard InChI is InChI=1S/C9H11N3O4S/c1-12(8(13)6-2-10-17-11-6)7-4-16-3-5(7)9(14)15/h2,5,7H,3-4H2,1H3,(H,14,15). The van der Waals surface area contributed by atoms with Gasteiger partial charge >= 0.3 is 5.97 Å². The molecule has 0 bridgehead atoms. The Hall–Kier alpha value is -1.54. The largest absolute Gasteiger partial charge is 0.481 e. The summed E-state index contributed by atoms with van der Waals surface area (Å²) in [4.78, 5) is 24.3. The molecule has 2 unspecified atom stereocenters. The van der Waals surface area contributed by atoms with Gasteiger partial charge in [-0.1, -0.05) is 0 Å². The van der Waals surface area contributed by atoms with Crippen molar-refractivity contribution < 1.29 is 19.4 Å². The molecule has 1 amide bonds. The second-order valence-corrected chi connectivity index (χ2v) is 4.31. The number of aliphatic carboxylic acids is 1. The number of carboxylic acid groups (broad SMARTS) is 1. The molecule has 0 radical (unpaired) electrons. The molecule has 1 aromatic heterocycles. The second kappa shape index (κ2) is 4.76. The van der Waals surface area contributed by atoms with Crippen molar-refractivity contribution in [3.8, 4) is 0 Å². The third-order valence-corrected chi connectivity index (χ3v) is 3.24. The fraction of sp³-hybridized carbons (Fsp3) is 0.556. The van der Waals surface area contributed by atoms with Gasteiger partial charge in [-0.3, -0.25) is 9.59 Å². The van der Waals surface area contributed by atoms with Gasteiger partial charge in [0.25, 0.3) is 5.91 Å². The van der Waals surface area contributed by atoms with Gasteiger partial charge in [-0.25, -0.2) is 0 Å². The summed E-state index contributed by atoms with van der Waals surface area (Å²) in [6.45, 7) is 0.365. The topological polar surface area (TPSA) is 92.6 Å². The van der Waals surface area contributed by atoms with Crippen molar-refractivity contribution in [3.63, 3.8) is 0 Å². The zero-order valence-corrected chi connectivity index (χ0v) is 9.88. The Labute approximate surface area is 101 Å². The van der Waals surface area contributed by atoms with Crippen LogP contribution in [0.1, 0.15) is 10.5 Å². The van der Waals surface area contributed by atoms with Gasteiger partial charge in [-0.15, -0.1) is 0 Å². The molecule has 1 N–H and O–H groups in total. The maximum Gasteiger partial charge on any atom is 0.311 e. The van der Waals surface area contributed by atoms with Crippen LogP contribution in [0.4, 0.5) is 0 Å². The molecule has 1 fully saturated rings. The first-order chi connectivity index (χ1) is 8.11. The van der Waals surface area contributed by atoms with Gasteiger partial charge < -0.3 is 14.7 Å². The lowest BCUT2D eigenvalue weighted by atomic mass is 10.0. The molecule has 2 heterocycles. The molecular formula is C9H11N3O4S. The Bertz CT molecular complexity index is 422. The van der Waals surface area contributed by atoms with Crippen molar-refractivity contribution >= 4 is 23.6 Å². The van der Waals surface area contributed by atoms with Gasteiger partial charge in [-0.2, -0.15) is 8.75 Å². The Morgan fingerprint density at radius 1 is 1.59 bits per heavy atom. The van der Waals surface area contributed by atoms with Crippen LogP contribution < -0.4 is 0 Å². The molecule has 0 aliphatic carbocycles. The van der Waals surface area contributed by atoms with Crippen molar-refractivity contribution in [2.45, 2.75) is 6.04 Å². The average molecular weight is 257 g/mol. The van der Waals surface area contributed by atoms with Crippen molar-refractivity contribution in [1.29, 1.82) is 0 Å². The van der Waals surface area contributed by atoms with E-state index in [9.17, 15) is 9.59 Å². The molecule has 2 rings (SSSR count). The molecule has 2 atom stereocenters. The van der Waals surface area contributed by atoms with E-state index < -0.39 is 17.9 Å². The van der Waals surface area contributed by atoms with E-state index in [2.05, 4.69) is 8.75 Å². The van der Waals surface area contributed by atoms with Gasteiger partial charge in [0, 0.05) is 7.05 Å². The maximum atomic E-state index is 11.9. The monoisotopic (exact) mass is 257 g/mol. The smallest absolute Gasteiger partial charge is 0.311 e. The van der Waals surface area contributed by atoms with Crippen LogP contribution >= 0.6 is 11.7 Å². The normalized spacial score (nSPS) is 23.6. The predicted octanol–water partition coefficient (Wildman–Crippen LogP) is -0.290. The highest BCUT2D eigenvalue weighted by Gasteiger charge is 2.39. The zero-order valence-electron chi connectivity index (χ0n) is 9.07. The molecule has 17 heavy (non-hydrogen) atoms. The molecule has 0 spiro atoms. The minimum absolute atomic E-state index is 0.132. The number of aromatic nitrogens is 2. The molecule has 1 aliphatic rings. The van der Waals surface area contributed by atoms with E-state index in [0.717, 1.165) is 11.7 Å². The van der Waals surface area contributed by atoms with Crippen LogP contribution in [0.15, 0.2) is 6.20 Å². The molecule has 1 aliphatic heterocycles. The van der Waals surface area contributed by atoms with Crippen molar-refractivity contribution in [1.82, 2.24) is 13.6 Å². The van der Waals surface area contributed by atoms with Crippen molar-refractivity contribution in [2.24, 2.45) is 5.92 Å². The number of nitrogens with zero attached hydrogens (tertiary/aromatic N) is 3. The lowest BCUT2D eigenvalue weighted by molar-refractivity contribution is -0.142. The highest BCUT2D eigenvalue weighted by Crippen LogP contribution is 2.20. The van der Waals surface area contributed by atoms with Crippen LogP contribution in [0, 0.1) is 5.92 Å². The molecule has 0 saturated carbocycles. The minimum Gasteiger partial charge on any atom is -0.481 e. The molecule has 1 saturated heterocycles. The summed E-state index contributed by atoms with van der Waals surface area (Å²) in [5.74, 6) is -1.97. The first-order valence-corrected chi connectivity index (χ1v) is 5.69. The Kier molecular flexibility index (Phi) is 3.34. The van der Waals surface area contributed by atoms with Crippen LogP contribution in [-0.2, 0) is 9.53 Å². The van der Waals surface area contributed by atoms with E-state index in [-0.39, 0.29) is 24.8 Å². The number of rotatable bonds is 3. The van der Waals surface area contributed by atoms with E-state index in [1.807, 2.05) is 0 Å². The van der Waals surface area contributed by atoms with Crippen LogP contribution in [0.3, 0.4) is 0 Å². The second-order valence-electron chi connectivity index (χ2n) is 3.76. The third-order valence-electron chi connectivity index (χ3n) is 2.77. The number of likely N-dealkylation sites (N-methyl/N-ethyl adjacent to an activating group) is 1. The van der Waals surface area contributed by atoms with Crippen LogP contribution in [0.2, 0.25) is 0 Å². The summed E-state index contributed by atoms with van der Waals surface area (Å²) in [5.41, 5.74) is 0.230. The fourth-order valence-corrected chi connectivity index (χ4v) is 2.16. The molecule has 8 heteroatoms. The zero-order chi connectivity index (χ0) is 12.4. The lowest BCUT2D eigenvalue weighted by Gasteiger charge is -2.25. The Balaban J connectivity index is 2.12. The number of carboxylic acids is 1. The van der Waals surface area contributed by atoms with Gasteiger partial charge in [0.15, 0.2) is 5.69 Å². The predicted molar refractivity (Wildman–Crippen MR) is 57.7 cm³/mol. The summed E-state index contributed by atoms with van der Waals surface area (Å²) < 4.78 is 12.7. The van der Waals surface area contributed by atoms with E-state index in [1.54, 1.807) is 7.05 Å². The van der Waals surface area contributed by atoms with E-state index >= 15 is 0 Å². The van der Waals surface area contributed by atoms with Crippen LogP contribution in [-0.4, -0.2) is 56.9 Å². The highest BCUT2D eigenvalue weighted by molar-refractivity contribution is 6.99. The van der Waals surface area contributed by atoms with Crippen molar-refractivity contribution in [2.75, 3.05) is 20.3 Å². The van der Waals surface area contributed by atoms with Gasteiger partial charge in [0.05, 0.1) is 37.2 Å². The number of carbonyl (C=O) groups excluding carboxylic acids is 1. The highest BCUT2D eigenvalue weighted by atomic mass is 32.1.